The summed E-state index contributed by atoms with van der Waals surface area (Å²) in [5, 5.41) is 2.83. The monoisotopic (exact) mass is 353 g/mol. The van der Waals surface area contributed by atoms with Gasteiger partial charge in [-0.1, -0.05) is 23.7 Å². The third kappa shape index (κ3) is 4.46. The second-order valence-electron chi connectivity index (χ2n) is 4.95. The van der Waals surface area contributed by atoms with E-state index in [1.165, 1.54) is 18.2 Å². The third-order valence-electron chi connectivity index (χ3n) is 3.20. The number of benzene rings is 2. The van der Waals surface area contributed by atoms with Crippen molar-refractivity contribution in [1.82, 2.24) is 5.32 Å². The summed E-state index contributed by atoms with van der Waals surface area (Å²) in [6, 6.07) is 11.4. The molecule has 0 atom stereocenters. The number of methoxy groups -OCH3 is 1. The predicted octanol–water partition coefficient (Wildman–Crippen LogP) is 2.68. The molecule has 0 spiro atoms. The summed E-state index contributed by atoms with van der Waals surface area (Å²) < 4.78 is 28.3. The van der Waals surface area contributed by atoms with Crippen LogP contribution < -0.4 is 10.1 Å². The van der Waals surface area contributed by atoms with E-state index in [1.807, 2.05) is 12.1 Å². The molecular weight excluding hydrogens is 338 g/mol. The molecule has 0 aliphatic carbocycles. The number of rotatable bonds is 5. The summed E-state index contributed by atoms with van der Waals surface area (Å²) in [7, 11) is -1.91. The minimum Gasteiger partial charge on any atom is -0.497 e. The van der Waals surface area contributed by atoms with Gasteiger partial charge in [0.2, 0.25) is 0 Å². The lowest BCUT2D eigenvalue weighted by Gasteiger charge is -2.08. The molecule has 2 aromatic rings. The molecule has 2 rings (SSSR count). The number of nitrogens with one attached hydrogen (secondary N) is 1. The van der Waals surface area contributed by atoms with E-state index < -0.39 is 9.84 Å². The van der Waals surface area contributed by atoms with Crippen LogP contribution in [0.2, 0.25) is 5.02 Å². The van der Waals surface area contributed by atoms with Crippen LogP contribution in [0.15, 0.2) is 47.4 Å². The Morgan fingerprint density at radius 2 is 1.83 bits per heavy atom. The maximum atomic E-state index is 12.2. The molecule has 122 valence electrons. The lowest BCUT2D eigenvalue weighted by atomic mass is 10.2. The third-order valence-corrected chi connectivity index (χ3v) is 4.78. The van der Waals surface area contributed by atoms with E-state index in [-0.39, 0.29) is 21.4 Å². The zero-order valence-corrected chi connectivity index (χ0v) is 14.2. The second kappa shape index (κ2) is 7.02. The highest BCUT2D eigenvalue weighted by Gasteiger charge is 2.15. The van der Waals surface area contributed by atoms with Gasteiger partial charge in [-0.25, -0.2) is 8.42 Å². The Morgan fingerprint density at radius 1 is 1.17 bits per heavy atom. The lowest BCUT2D eigenvalue weighted by molar-refractivity contribution is 0.0950. The van der Waals surface area contributed by atoms with Crippen LogP contribution in [0, 0.1) is 0 Å². The largest absolute Gasteiger partial charge is 0.497 e. The molecule has 0 aliphatic rings. The van der Waals surface area contributed by atoms with E-state index in [2.05, 4.69) is 5.32 Å². The van der Waals surface area contributed by atoms with E-state index in [1.54, 1.807) is 19.2 Å². The van der Waals surface area contributed by atoms with Crippen molar-refractivity contribution >= 4 is 27.3 Å². The van der Waals surface area contributed by atoms with Crippen molar-refractivity contribution in [1.29, 1.82) is 0 Å². The lowest BCUT2D eigenvalue weighted by Crippen LogP contribution is -2.23. The first-order chi connectivity index (χ1) is 10.8. The van der Waals surface area contributed by atoms with Gasteiger partial charge in [-0.15, -0.1) is 0 Å². The molecule has 1 amide bonds. The fraction of sp³-hybridized carbons (Fsp3) is 0.188. The van der Waals surface area contributed by atoms with Crippen molar-refractivity contribution in [3.05, 3.63) is 58.6 Å². The SMILES string of the molecule is COc1ccc(CNC(=O)c2ccc(Cl)c(S(C)(=O)=O)c2)cc1. The zero-order chi connectivity index (χ0) is 17.0. The van der Waals surface area contributed by atoms with Gasteiger partial charge in [-0.2, -0.15) is 0 Å². The fourth-order valence-electron chi connectivity index (χ4n) is 1.96. The second-order valence-corrected chi connectivity index (χ2v) is 7.34. The maximum absolute atomic E-state index is 12.2. The van der Waals surface area contributed by atoms with Gasteiger partial charge in [0, 0.05) is 18.4 Å². The Morgan fingerprint density at radius 3 is 2.39 bits per heavy atom. The van der Waals surface area contributed by atoms with Crippen LogP contribution in [0.5, 0.6) is 5.75 Å². The standard InChI is InChI=1S/C16H16ClNO4S/c1-22-13-6-3-11(4-7-13)10-18-16(19)12-5-8-14(17)15(9-12)23(2,20)21/h3-9H,10H2,1-2H3,(H,18,19). The molecular formula is C16H16ClNO4S. The number of halogens is 1. The van der Waals surface area contributed by atoms with Gasteiger partial charge in [-0.05, 0) is 35.9 Å². The van der Waals surface area contributed by atoms with Gasteiger partial charge >= 0.3 is 0 Å². The zero-order valence-electron chi connectivity index (χ0n) is 12.7. The summed E-state index contributed by atoms with van der Waals surface area (Å²) >= 11 is 5.86. The average Bonchev–Trinajstić information content (AvgIpc) is 2.52. The van der Waals surface area contributed by atoms with Gasteiger partial charge in [-0.3, -0.25) is 4.79 Å². The Hall–Kier alpha value is -2.05. The van der Waals surface area contributed by atoms with Crippen molar-refractivity contribution in [2.75, 3.05) is 13.4 Å². The normalized spacial score (nSPS) is 11.1. The molecule has 5 nitrogen and oxygen atoms in total. The quantitative estimate of drug-likeness (QED) is 0.897. The minimum absolute atomic E-state index is 0.0590. The smallest absolute Gasteiger partial charge is 0.251 e. The molecule has 0 aliphatic heterocycles. The minimum atomic E-state index is -3.49. The summed E-state index contributed by atoms with van der Waals surface area (Å²) in [4.78, 5) is 12.1. The van der Waals surface area contributed by atoms with Crippen LogP contribution in [-0.2, 0) is 16.4 Å². The van der Waals surface area contributed by atoms with Crippen LogP contribution in [0.1, 0.15) is 15.9 Å². The van der Waals surface area contributed by atoms with Crippen LogP contribution in [-0.4, -0.2) is 27.7 Å². The molecule has 2 aromatic carbocycles. The summed E-state index contributed by atoms with van der Waals surface area (Å²) in [5.41, 5.74) is 1.14. The number of carbonyl (C=O) groups is 1. The number of amides is 1. The first-order valence-corrected chi connectivity index (χ1v) is 8.99. The topological polar surface area (TPSA) is 72.5 Å². The Balaban J connectivity index is 2.11. The first kappa shape index (κ1) is 17.3. The maximum Gasteiger partial charge on any atom is 0.251 e. The van der Waals surface area contributed by atoms with E-state index in [0.717, 1.165) is 17.6 Å². The molecule has 7 heteroatoms. The van der Waals surface area contributed by atoms with Crippen molar-refractivity contribution in [2.45, 2.75) is 11.4 Å². The van der Waals surface area contributed by atoms with E-state index in [9.17, 15) is 13.2 Å². The molecule has 0 saturated heterocycles. The van der Waals surface area contributed by atoms with Gasteiger partial charge in [0.1, 0.15) is 5.75 Å². The number of carbonyl (C=O) groups excluding carboxylic acids is 1. The average molecular weight is 354 g/mol. The molecule has 0 aromatic heterocycles. The van der Waals surface area contributed by atoms with Crippen molar-refractivity contribution in [3.8, 4) is 5.75 Å². The molecule has 0 heterocycles. The van der Waals surface area contributed by atoms with E-state index in [0.29, 0.717) is 6.54 Å². The van der Waals surface area contributed by atoms with Crippen molar-refractivity contribution < 1.29 is 17.9 Å². The van der Waals surface area contributed by atoms with Crippen LogP contribution >= 0.6 is 11.6 Å². The predicted molar refractivity (Wildman–Crippen MR) is 88.7 cm³/mol. The van der Waals surface area contributed by atoms with Crippen molar-refractivity contribution in [3.63, 3.8) is 0 Å². The number of ether oxygens (including phenoxy) is 1. The number of sulfone groups is 1. The molecule has 0 radical (unpaired) electrons. The summed E-state index contributed by atoms with van der Waals surface area (Å²) in [6.45, 7) is 0.319. The fourth-order valence-corrected chi connectivity index (χ4v) is 3.26. The van der Waals surface area contributed by atoms with Gasteiger partial charge in [0.05, 0.1) is 17.0 Å². The van der Waals surface area contributed by atoms with Gasteiger partial charge in [0.25, 0.3) is 5.91 Å². The van der Waals surface area contributed by atoms with Crippen LogP contribution in [0.25, 0.3) is 0 Å². The summed E-state index contributed by atoms with van der Waals surface area (Å²) in [6.07, 6.45) is 1.05. The van der Waals surface area contributed by atoms with Gasteiger partial charge in [0.15, 0.2) is 9.84 Å². The molecule has 0 fully saturated rings. The van der Waals surface area contributed by atoms with Gasteiger partial charge < -0.3 is 10.1 Å². The Labute approximate surface area is 140 Å². The molecule has 1 N–H and O–H groups in total. The highest BCUT2D eigenvalue weighted by molar-refractivity contribution is 7.90. The molecule has 0 saturated carbocycles. The highest BCUT2D eigenvalue weighted by atomic mass is 35.5. The molecule has 0 bridgehead atoms. The van der Waals surface area contributed by atoms with Crippen LogP contribution in [0.3, 0.4) is 0 Å². The van der Waals surface area contributed by atoms with E-state index >= 15 is 0 Å². The molecule has 0 unspecified atom stereocenters. The Kier molecular flexibility index (Phi) is 5.28. The molecule has 23 heavy (non-hydrogen) atoms. The first-order valence-electron chi connectivity index (χ1n) is 6.72. The Bertz CT molecular complexity index is 816. The van der Waals surface area contributed by atoms with E-state index in [4.69, 9.17) is 16.3 Å². The highest BCUT2D eigenvalue weighted by Crippen LogP contribution is 2.22. The number of hydrogen-bond donors (Lipinski definition) is 1. The van der Waals surface area contributed by atoms with Crippen molar-refractivity contribution in [2.24, 2.45) is 0 Å². The summed E-state index contributed by atoms with van der Waals surface area (Å²) in [5.74, 6) is 0.359. The number of hydrogen-bond acceptors (Lipinski definition) is 4. The van der Waals surface area contributed by atoms with Crippen LogP contribution in [0.4, 0.5) is 0 Å².